The van der Waals surface area contributed by atoms with Crippen molar-refractivity contribution in [2.45, 2.75) is 6.42 Å². The minimum absolute atomic E-state index is 0.0179. The van der Waals surface area contributed by atoms with Crippen molar-refractivity contribution in [2.24, 2.45) is 11.8 Å². The quantitative estimate of drug-likeness (QED) is 0.848. The summed E-state index contributed by atoms with van der Waals surface area (Å²) < 4.78 is 31.5. The van der Waals surface area contributed by atoms with Gasteiger partial charge in [-0.05, 0) is 12.3 Å². The molecule has 2 unspecified atom stereocenters. The van der Waals surface area contributed by atoms with E-state index in [2.05, 4.69) is 10.1 Å². The number of carboxylic acid groups (broad SMARTS) is 1. The molecule has 1 saturated carbocycles. The normalized spacial score (nSPS) is 21.5. The first kappa shape index (κ1) is 12.6. The minimum atomic E-state index is -0.844. The molecule has 1 aliphatic rings. The standard InChI is InChI=1S/C12H13F2NO3/c1-18-11-4-8(13)10(3-9(11)14)15-5-6-2-7(6)12(16)17/h3-4,6-7,15H,2,5H2,1H3,(H,16,17). The van der Waals surface area contributed by atoms with Crippen LogP contribution < -0.4 is 10.1 Å². The molecule has 0 radical (unpaired) electrons. The number of hydrogen-bond acceptors (Lipinski definition) is 3. The number of halogens is 2. The van der Waals surface area contributed by atoms with Crippen molar-refractivity contribution in [3.8, 4) is 5.75 Å². The van der Waals surface area contributed by atoms with Gasteiger partial charge in [-0.25, -0.2) is 8.78 Å². The van der Waals surface area contributed by atoms with Crippen LogP contribution in [-0.2, 0) is 4.79 Å². The molecule has 0 heterocycles. The van der Waals surface area contributed by atoms with Crippen molar-refractivity contribution < 1.29 is 23.4 Å². The molecule has 2 N–H and O–H groups in total. The van der Waals surface area contributed by atoms with E-state index in [9.17, 15) is 13.6 Å². The van der Waals surface area contributed by atoms with E-state index in [0.29, 0.717) is 13.0 Å². The fraction of sp³-hybridized carbons (Fsp3) is 0.417. The van der Waals surface area contributed by atoms with Crippen LogP contribution in [0.4, 0.5) is 14.5 Å². The summed E-state index contributed by atoms with van der Waals surface area (Å²) in [6, 6.07) is 1.96. The third kappa shape index (κ3) is 2.52. The maximum atomic E-state index is 13.5. The average molecular weight is 257 g/mol. The van der Waals surface area contributed by atoms with Crippen molar-refractivity contribution in [1.29, 1.82) is 0 Å². The maximum absolute atomic E-state index is 13.5. The third-order valence-corrected chi connectivity index (χ3v) is 3.04. The zero-order valence-corrected chi connectivity index (χ0v) is 9.74. The van der Waals surface area contributed by atoms with Gasteiger partial charge in [0.25, 0.3) is 0 Å². The topological polar surface area (TPSA) is 58.6 Å². The zero-order valence-electron chi connectivity index (χ0n) is 9.74. The number of benzene rings is 1. The Morgan fingerprint density at radius 1 is 1.50 bits per heavy atom. The number of nitrogens with one attached hydrogen (secondary N) is 1. The van der Waals surface area contributed by atoms with Gasteiger partial charge in [0.05, 0.1) is 18.7 Å². The van der Waals surface area contributed by atoms with Crippen LogP contribution >= 0.6 is 0 Å². The van der Waals surface area contributed by atoms with Gasteiger partial charge < -0.3 is 15.2 Å². The monoisotopic (exact) mass is 257 g/mol. The van der Waals surface area contributed by atoms with Crippen LogP contribution in [0.5, 0.6) is 5.75 Å². The number of methoxy groups -OCH3 is 1. The van der Waals surface area contributed by atoms with E-state index in [0.717, 1.165) is 12.1 Å². The summed E-state index contributed by atoms with van der Waals surface area (Å²) in [5.41, 5.74) is 0.0179. The summed E-state index contributed by atoms with van der Waals surface area (Å²) in [7, 11) is 1.26. The summed E-state index contributed by atoms with van der Waals surface area (Å²) >= 11 is 0. The first-order chi connectivity index (χ1) is 8.52. The number of carboxylic acids is 1. The van der Waals surface area contributed by atoms with Crippen molar-refractivity contribution >= 4 is 11.7 Å². The molecule has 0 bridgehead atoms. The van der Waals surface area contributed by atoms with Crippen LogP contribution in [0, 0.1) is 23.5 Å². The second-order valence-electron chi connectivity index (χ2n) is 4.29. The third-order valence-electron chi connectivity index (χ3n) is 3.04. The second-order valence-corrected chi connectivity index (χ2v) is 4.29. The summed E-state index contributed by atoms with van der Waals surface area (Å²) in [4.78, 5) is 10.6. The predicted molar refractivity (Wildman–Crippen MR) is 60.6 cm³/mol. The summed E-state index contributed by atoms with van der Waals surface area (Å²) in [5.74, 6) is -2.68. The van der Waals surface area contributed by atoms with Crippen molar-refractivity contribution in [2.75, 3.05) is 19.0 Å². The highest BCUT2D eigenvalue weighted by Crippen LogP contribution is 2.38. The van der Waals surface area contributed by atoms with E-state index >= 15 is 0 Å². The molecule has 18 heavy (non-hydrogen) atoms. The Kier molecular flexibility index (Phi) is 3.36. The van der Waals surface area contributed by atoms with Gasteiger partial charge in [0.2, 0.25) is 0 Å². The number of carbonyl (C=O) groups is 1. The SMILES string of the molecule is COc1cc(F)c(NCC2CC2C(=O)O)cc1F. The Bertz CT molecular complexity index is 479. The van der Waals surface area contributed by atoms with Crippen LogP contribution in [0.2, 0.25) is 0 Å². The number of aliphatic carboxylic acids is 1. The van der Waals surface area contributed by atoms with Crippen LogP contribution in [0.3, 0.4) is 0 Å². The Balaban J connectivity index is 1.98. The molecule has 2 rings (SSSR count). The molecule has 1 fully saturated rings. The lowest BCUT2D eigenvalue weighted by molar-refractivity contribution is -0.138. The van der Waals surface area contributed by atoms with Crippen LogP contribution in [0.1, 0.15) is 6.42 Å². The molecule has 1 aromatic carbocycles. The number of hydrogen-bond donors (Lipinski definition) is 2. The minimum Gasteiger partial charge on any atom is -0.494 e. The highest BCUT2D eigenvalue weighted by molar-refractivity contribution is 5.73. The highest BCUT2D eigenvalue weighted by atomic mass is 19.1. The second kappa shape index (κ2) is 4.80. The maximum Gasteiger partial charge on any atom is 0.306 e. The molecule has 0 spiro atoms. The zero-order chi connectivity index (χ0) is 13.3. The van der Waals surface area contributed by atoms with E-state index in [-0.39, 0.29) is 23.3 Å². The Morgan fingerprint density at radius 3 is 2.78 bits per heavy atom. The first-order valence-electron chi connectivity index (χ1n) is 5.52. The van der Waals surface area contributed by atoms with Crippen molar-refractivity contribution in [3.05, 3.63) is 23.8 Å². The Labute approximate surface area is 103 Å². The van der Waals surface area contributed by atoms with Crippen LogP contribution in [0.25, 0.3) is 0 Å². The molecule has 0 aromatic heterocycles. The van der Waals surface area contributed by atoms with Gasteiger partial charge in [-0.3, -0.25) is 4.79 Å². The van der Waals surface area contributed by atoms with Crippen molar-refractivity contribution in [1.82, 2.24) is 0 Å². The Hall–Kier alpha value is -1.85. The number of rotatable bonds is 5. The van der Waals surface area contributed by atoms with E-state index in [4.69, 9.17) is 5.11 Å². The molecule has 1 aromatic rings. The van der Waals surface area contributed by atoms with Gasteiger partial charge in [0, 0.05) is 18.7 Å². The summed E-state index contributed by atoms with van der Waals surface area (Å²) in [6.07, 6.45) is 0.572. The lowest BCUT2D eigenvalue weighted by Crippen LogP contribution is -2.10. The predicted octanol–water partition coefficient (Wildman–Crippen LogP) is 2.11. The van der Waals surface area contributed by atoms with Gasteiger partial charge >= 0.3 is 5.97 Å². The van der Waals surface area contributed by atoms with Gasteiger partial charge in [-0.15, -0.1) is 0 Å². The van der Waals surface area contributed by atoms with Crippen LogP contribution in [-0.4, -0.2) is 24.7 Å². The fourth-order valence-electron chi connectivity index (χ4n) is 1.84. The number of ether oxygens (including phenoxy) is 1. The first-order valence-corrected chi connectivity index (χ1v) is 5.52. The number of anilines is 1. The van der Waals surface area contributed by atoms with Gasteiger partial charge in [0.1, 0.15) is 5.82 Å². The molecule has 2 atom stereocenters. The molecular formula is C12H13F2NO3. The molecule has 4 nitrogen and oxygen atoms in total. The summed E-state index contributed by atoms with van der Waals surface area (Å²) in [5, 5.41) is 11.4. The molecule has 0 aliphatic heterocycles. The Morgan fingerprint density at radius 2 is 2.22 bits per heavy atom. The largest absolute Gasteiger partial charge is 0.494 e. The lowest BCUT2D eigenvalue weighted by atomic mass is 10.2. The van der Waals surface area contributed by atoms with Gasteiger partial charge in [0.15, 0.2) is 11.6 Å². The van der Waals surface area contributed by atoms with E-state index < -0.39 is 17.6 Å². The van der Waals surface area contributed by atoms with Gasteiger partial charge in [-0.1, -0.05) is 0 Å². The van der Waals surface area contributed by atoms with Gasteiger partial charge in [-0.2, -0.15) is 0 Å². The summed E-state index contributed by atoms with van der Waals surface area (Å²) in [6.45, 7) is 0.319. The average Bonchev–Trinajstić information content (AvgIpc) is 3.09. The van der Waals surface area contributed by atoms with Crippen molar-refractivity contribution in [3.63, 3.8) is 0 Å². The van der Waals surface area contributed by atoms with E-state index in [1.165, 1.54) is 7.11 Å². The van der Waals surface area contributed by atoms with Crippen LogP contribution in [0.15, 0.2) is 12.1 Å². The molecule has 98 valence electrons. The highest BCUT2D eigenvalue weighted by Gasteiger charge is 2.42. The van der Waals surface area contributed by atoms with E-state index in [1.54, 1.807) is 0 Å². The molecule has 1 aliphatic carbocycles. The smallest absolute Gasteiger partial charge is 0.306 e. The van der Waals surface area contributed by atoms with E-state index in [1.807, 2.05) is 0 Å². The fourth-order valence-corrected chi connectivity index (χ4v) is 1.84. The molecule has 0 saturated heterocycles. The molecular weight excluding hydrogens is 244 g/mol. The molecule has 0 amide bonds. The lowest BCUT2D eigenvalue weighted by Gasteiger charge is -2.09. The molecule has 6 heteroatoms.